The standard InChI is InChI=1S/C51H27F3N6/c52-51(53,54)39-22-33(29-57)21-38(23-39)42-26-50(60-46-8-4-2-6-41(46)44-25-37(18-20-48(44)60)35-15-11-32(28-56)12-16-35)58-30-49(42)59-45-7-3-1-5-40(45)43-24-36(17-19-47(43)59)34-13-9-31(27-55)10-14-34/h1-26,30H. The lowest BCUT2D eigenvalue weighted by Crippen LogP contribution is -2.07. The Labute approximate surface area is 341 Å². The number of nitriles is 3. The van der Waals surface area contributed by atoms with Crippen molar-refractivity contribution in [2.24, 2.45) is 0 Å². The Bertz CT molecular complexity index is 3500. The number of fused-ring (bicyclic) bond motifs is 6. The Kier molecular flexibility index (Phi) is 8.31. The molecule has 0 bridgehead atoms. The van der Waals surface area contributed by atoms with Gasteiger partial charge >= 0.3 is 6.18 Å². The van der Waals surface area contributed by atoms with Gasteiger partial charge in [0.25, 0.3) is 0 Å². The van der Waals surface area contributed by atoms with E-state index in [2.05, 4.69) is 24.3 Å². The number of nitrogens with zero attached hydrogens (tertiary/aromatic N) is 6. The second-order valence-electron chi connectivity index (χ2n) is 14.5. The zero-order chi connectivity index (χ0) is 41.1. The maximum absolute atomic E-state index is 14.5. The van der Waals surface area contributed by atoms with Crippen molar-refractivity contribution in [2.75, 3.05) is 0 Å². The summed E-state index contributed by atoms with van der Waals surface area (Å²) in [6, 6.07) is 54.2. The van der Waals surface area contributed by atoms with Crippen LogP contribution in [0.15, 0.2) is 164 Å². The van der Waals surface area contributed by atoms with Crippen molar-refractivity contribution in [1.82, 2.24) is 14.1 Å². The van der Waals surface area contributed by atoms with Crippen LogP contribution < -0.4 is 0 Å². The molecule has 0 atom stereocenters. The first kappa shape index (κ1) is 35.9. The van der Waals surface area contributed by atoms with Crippen molar-refractivity contribution in [2.45, 2.75) is 6.18 Å². The first-order valence-electron chi connectivity index (χ1n) is 18.9. The third-order valence-corrected chi connectivity index (χ3v) is 11.1. The molecule has 0 fully saturated rings. The van der Waals surface area contributed by atoms with Crippen LogP contribution in [-0.4, -0.2) is 14.1 Å². The summed E-state index contributed by atoms with van der Waals surface area (Å²) in [4.78, 5) is 5.07. The van der Waals surface area contributed by atoms with Crippen molar-refractivity contribution < 1.29 is 13.2 Å². The average molecular weight is 781 g/mol. The quantitative estimate of drug-likeness (QED) is 0.174. The number of pyridine rings is 1. The van der Waals surface area contributed by atoms with Gasteiger partial charge in [0.05, 0.1) is 74.4 Å². The second-order valence-corrected chi connectivity index (χ2v) is 14.5. The predicted molar refractivity (Wildman–Crippen MR) is 228 cm³/mol. The predicted octanol–water partition coefficient (Wildman–Crippen LogP) is 12.9. The van der Waals surface area contributed by atoms with Gasteiger partial charge in [0.1, 0.15) is 5.82 Å². The fourth-order valence-electron chi connectivity index (χ4n) is 8.27. The minimum Gasteiger partial charge on any atom is -0.307 e. The highest BCUT2D eigenvalue weighted by molar-refractivity contribution is 6.12. The van der Waals surface area contributed by atoms with Crippen LogP contribution in [0.5, 0.6) is 0 Å². The summed E-state index contributed by atoms with van der Waals surface area (Å²) >= 11 is 0. The molecule has 0 amide bonds. The van der Waals surface area contributed by atoms with Gasteiger partial charge in [-0.1, -0.05) is 72.8 Å². The first-order valence-corrected chi connectivity index (χ1v) is 18.9. The summed E-state index contributed by atoms with van der Waals surface area (Å²) in [5, 5.41) is 32.4. The fourth-order valence-corrected chi connectivity index (χ4v) is 8.27. The van der Waals surface area contributed by atoms with Crippen LogP contribution in [0, 0.1) is 34.0 Å². The maximum Gasteiger partial charge on any atom is 0.416 e. The topological polar surface area (TPSA) is 94.1 Å². The molecule has 0 saturated carbocycles. The smallest absolute Gasteiger partial charge is 0.307 e. The van der Waals surface area contributed by atoms with Crippen LogP contribution >= 0.6 is 0 Å². The zero-order valence-corrected chi connectivity index (χ0v) is 31.4. The van der Waals surface area contributed by atoms with Crippen molar-refractivity contribution in [3.63, 3.8) is 0 Å². The highest BCUT2D eigenvalue weighted by Crippen LogP contribution is 2.42. The van der Waals surface area contributed by atoms with Gasteiger partial charge < -0.3 is 4.57 Å². The Morgan fingerprint density at radius 3 is 1.45 bits per heavy atom. The zero-order valence-electron chi connectivity index (χ0n) is 31.4. The molecule has 0 unspecified atom stereocenters. The summed E-state index contributed by atoms with van der Waals surface area (Å²) in [5.41, 5.74) is 8.37. The van der Waals surface area contributed by atoms with Gasteiger partial charge in [0, 0.05) is 27.1 Å². The summed E-state index contributed by atoms with van der Waals surface area (Å²) in [5.74, 6) is 0.478. The van der Waals surface area contributed by atoms with E-state index >= 15 is 0 Å². The van der Waals surface area contributed by atoms with Crippen molar-refractivity contribution in [3.8, 4) is 63.1 Å². The summed E-state index contributed by atoms with van der Waals surface area (Å²) in [6.45, 7) is 0. The van der Waals surface area contributed by atoms with Crippen molar-refractivity contribution in [1.29, 1.82) is 15.8 Å². The van der Waals surface area contributed by atoms with E-state index in [1.165, 1.54) is 6.07 Å². The van der Waals surface area contributed by atoms with E-state index in [9.17, 15) is 29.0 Å². The van der Waals surface area contributed by atoms with E-state index in [0.29, 0.717) is 28.2 Å². The lowest BCUT2D eigenvalue weighted by Gasteiger charge is -2.18. The Hall–Kier alpha value is -8.45. The molecule has 0 spiro atoms. The highest BCUT2D eigenvalue weighted by Gasteiger charge is 2.32. The van der Waals surface area contributed by atoms with E-state index in [1.54, 1.807) is 36.5 Å². The third kappa shape index (κ3) is 5.91. The van der Waals surface area contributed by atoms with Crippen LogP contribution in [0.25, 0.3) is 88.5 Å². The van der Waals surface area contributed by atoms with Crippen LogP contribution in [0.1, 0.15) is 22.3 Å². The van der Waals surface area contributed by atoms with Crippen molar-refractivity contribution in [3.05, 3.63) is 186 Å². The largest absolute Gasteiger partial charge is 0.416 e. The molecule has 0 N–H and O–H groups in total. The van der Waals surface area contributed by atoms with Crippen molar-refractivity contribution >= 4 is 43.6 Å². The molecule has 282 valence electrons. The molecule has 6 nitrogen and oxygen atoms in total. The number of hydrogen-bond acceptors (Lipinski definition) is 4. The van der Waals surface area contributed by atoms with Gasteiger partial charge in [-0.3, -0.25) is 4.57 Å². The molecule has 3 heterocycles. The fraction of sp³-hybridized carbons (Fsp3) is 0.0196. The van der Waals surface area contributed by atoms with E-state index < -0.39 is 11.7 Å². The summed E-state index contributed by atoms with van der Waals surface area (Å²) in [7, 11) is 0. The van der Waals surface area contributed by atoms with Crippen LogP contribution in [-0.2, 0) is 6.18 Å². The van der Waals surface area contributed by atoms with Gasteiger partial charge in [-0.05, 0) is 113 Å². The van der Waals surface area contributed by atoms with E-state index in [-0.39, 0.29) is 11.1 Å². The molecule has 9 heteroatoms. The molecular formula is C51H27F3N6. The van der Waals surface area contributed by atoms with E-state index in [0.717, 1.165) is 78.0 Å². The van der Waals surface area contributed by atoms with Crippen LogP contribution in [0.2, 0.25) is 0 Å². The molecule has 0 aliphatic rings. The molecule has 60 heavy (non-hydrogen) atoms. The number of halogens is 3. The number of aromatic nitrogens is 3. The molecule has 3 aromatic heterocycles. The number of benzene rings is 7. The lowest BCUT2D eigenvalue weighted by atomic mass is 9.98. The summed E-state index contributed by atoms with van der Waals surface area (Å²) < 4.78 is 47.5. The minimum atomic E-state index is -4.70. The summed E-state index contributed by atoms with van der Waals surface area (Å²) in [6.07, 6.45) is -3.01. The number of rotatable bonds is 5. The average Bonchev–Trinajstić information content (AvgIpc) is 3.80. The van der Waals surface area contributed by atoms with Gasteiger partial charge in [-0.15, -0.1) is 0 Å². The molecule has 0 radical (unpaired) electrons. The SMILES string of the molecule is N#Cc1ccc(-c2ccc3c(c2)c2ccccc2n3-c2cc(-c3cc(C#N)cc(C(F)(F)F)c3)c(-n3c4ccccc4c4cc(-c5ccc(C#N)cc5)ccc43)cn2)cc1. The molecule has 10 rings (SSSR count). The van der Waals surface area contributed by atoms with Gasteiger partial charge in [0.15, 0.2) is 0 Å². The van der Waals surface area contributed by atoms with Gasteiger partial charge in [-0.25, -0.2) is 4.98 Å². The second kappa shape index (κ2) is 13.9. The molecule has 7 aromatic carbocycles. The molecule has 0 aliphatic heterocycles. The Morgan fingerprint density at radius 2 is 0.917 bits per heavy atom. The van der Waals surface area contributed by atoms with Crippen LogP contribution in [0.3, 0.4) is 0 Å². The molecular weight excluding hydrogens is 754 g/mol. The lowest BCUT2D eigenvalue weighted by molar-refractivity contribution is -0.137. The maximum atomic E-state index is 14.5. The Balaban J connectivity index is 1.23. The number of alkyl halides is 3. The number of hydrogen-bond donors (Lipinski definition) is 0. The molecule has 0 aliphatic carbocycles. The van der Waals surface area contributed by atoms with E-state index in [1.807, 2.05) is 112 Å². The van der Waals surface area contributed by atoms with Crippen LogP contribution in [0.4, 0.5) is 13.2 Å². The van der Waals surface area contributed by atoms with Gasteiger partial charge in [-0.2, -0.15) is 29.0 Å². The Morgan fingerprint density at radius 1 is 0.433 bits per heavy atom. The normalized spacial score (nSPS) is 11.5. The van der Waals surface area contributed by atoms with Gasteiger partial charge in [0.2, 0.25) is 0 Å². The number of para-hydroxylation sites is 2. The third-order valence-electron chi connectivity index (χ3n) is 11.1. The molecule has 0 saturated heterocycles. The highest BCUT2D eigenvalue weighted by atomic mass is 19.4. The monoisotopic (exact) mass is 780 g/mol. The molecule has 10 aromatic rings. The minimum absolute atomic E-state index is 0.120. The van der Waals surface area contributed by atoms with E-state index in [4.69, 9.17) is 4.98 Å². The first-order chi connectivity index (χ1) is 29.2.